The minimum atomic E-state index is 0.0281. The van der Waals surface area contributed by atoms with Crippen molar-refractivity contribution < 1.29 is 4.57 Å². The van der Waals surface area contributed by atoms with Crippen molar-refractivity contribution in [2.24, 2.45) is 7.05 Å². The van der Waals surface area contributed by atoms with E-state index in [9.17, 15) is 0 Å². The molecule has 0 unspecified atom stereocenters. The summed E-state index contributed by atoms with van der Waals surface area (Å²) in [5, 5.41) is 1.42. The van der Waals surface area contributed by atoms with E-state index in [1.54, 1.807) is 0 Å². The molecule has 1 aromatic carbocycles. The lowest BCUT2D eigenvalue weighted by Gasteiger charge is -2.18. The van der Waals surface area contributed by atoms with Crippen LogP contribution in [0.3, 0.4) is 0 Å². The Labute approximate surface area is 123 Å². The summed E-state index contributed by atoms with van der Waals surface area (Å²) in [6, 6.07) is 8.79. The lowest BCUT2D eigenvalue weighted by Crippen LogP contribution is -2.32. The van der Waals surface area contributed by atoms with E-state index < -0.39 is 0 Å². The zero-order valence-corrected chi connectivity index (χ0v) is 13.4. The van der Waals surface area contributed by atoms with Gasteiger partial charge in [0, 0.05) is 29.5 Å². The SMILES string of the molecule is Cc1c(C)[n+](C)c2n1C(C)(C)c1c-2sc2ccccc12. The fourth-order valence-corrected chi connectivity index (χ4v) is 5.16. The number of imidazole rings is 1. The molecular formula is C17H19N2S+. The van der Waals surface area contributed by atoms with E-state index in [0.29, 0.717) is 0 Å². The van der Waals surface area contributed by atoms with Crippen molar-refractivity contribution in [3.8, 4) is 10.7 Å². The highest BCUT2D eigenvalue weighted by Gasteiger charge is 2.48. The Kier molecular flexibility index (Phi) is 2.14. The summed E-state index contributed by atoms with van der Waals surface area (Å²) in [5.74, 6) is 1.36. The second-order valence-corrected chi connectivity index (χ2v) is 7.30. The van der Waals surface area contributed by atoms with Crippen LogP contribution in [0.25, 0.3) is 20.8 Å². The standard InChI is InChI=1S/C17H19N2S/c1-10-11(2)19-16(18(10)5)15-14(17(19,3)4)12-8-6-7-9-13(12)20-15/h6-9H,1-5H3/q+1. The van der Waals surface area contributed by atoms with Crippen LogP contribution in [-0.4, -0.2) is 4.57 Å². The van der Waals surface area contributed by atoms with E-state index in [4.69, 9.17) is 0 Å². The molecule has 3 heterocycles. The van der Waals surface area contributed by atoms with E-state index in [1.807, 2.05) is 11.3 Å². The van der Waals surface area contributed by atoms with Crippen molar-refractivity contribution in [2.45, 2.75) is 33.2 Å². The van der Waals surface area contributed by atoms with Crippen LogP contribution in [0.4, 0.5) is 0 Å². The predicted octanol–water partition coefficient (Wildman–Crippen LogP) is 3.91. The van der Waals surface area contributed by atoms with Crippen LogP contribution in [-0.2, 0) is 12.6 Å². The van der Waals surface area contributed by atoms with Gasteiger partial charge in [-0.25, -0.2) is 9.13 Å². The lowest BCUT2D eigenvalue weighted by molar-refractivity contribution is -0.665. The molecule has 3 heteroatoms. The second-order valence-electron chi connectivity index (χ2n) is 6.25. The number of aromatic nitrogens is 2. The number of hydrogen-bond donors (Lipinski definition) is 0. The summed E-state index contributed by atoms with van der Waals surface area (Å²) in [5.41, 5.74) is 4.25. The van der Waals surface area contributed by atoms with Crippen LogP contribution in [0.2, 0.25) is 0 Å². The smallest absolute Gasteiger partial charge is 0.229 e. The average Bonchev–Trinajstić information content (AvgIpc) is 2.97. The maximum Gasteiger partial charge on any atom is 0.300 e. The van der Waals surface area contributed by atoms with Gasteiger partial charge < -0.3 is 0 Å². The molecule has 0 saturated carbocycles. The molecule has 0 N–H and O–H groups in total. The number of thiophene rings is 1. The molecular weight excluding hydrogens is 264 g/mol. The number of rotatable bonds is 0. The molecule has 1 aliphatic rings. The molecule has 1 aliphatic heterocycles. The molecule has 20 heavy (non-hydrogen) atoms. The van der Waals surface area contributed by atoms with Gasteiger partial charge >= 0.3 is 5.82 Å². The molecule has 0 saturated heterocycles. The largest absolute Gasteiger partial charge is 0.300 e. The fraction of sp³-hybridized carbons (Fsp3) is 0.353. The Balaban J connectivity index is 2.22. The van der Waals surface area contributed by atoms with Gasteiger partial charge in [0.2, 0.25) is 0 Å². The Hall–Kier alpha value is -1.61. The maximum atomic E-state index is 2.51. The summed E-state index contributed by atoms with van der Waals surface area (Å²) in [4.78, 5) is 1.44. The van der Waals surface area contributed by atoms with Gasteiger partial charge in [0.15, 0.2) is 0 Å². The van der Waals surface area contributed by atoms with Crippen LogP contribution >= 0.6 is 11.3 Å². The normalized spacial score (nSPS) is 15.7. The molecule has 0 fully saturated rings. The first-order valence-electron chi connectivity index (χ1n) is 7.05. The molecule has 0 radical (unpaired) electrons. The first-order valence-corrected chi connectivity index (χ1v) is 7.87. The highest BCUT2D eigenvalue weighted by molar-refractivity contribution is 7.22. The monoisotopic (exact) mass is 283 g/mol. The van der Waals surface area contributed by atoms with Crippen LogP contribution in [0, 0.1) is 13.8 Å². The van der Waals surface area contributed by atoms with E-state index in [1.165, 1.54) is 37.7 Å². The Morgan fingerprint density at radius 2 is 1.85 bits per heavy atom. The zero-order valence-electron chi connectivity index (χ0n) is 12.6. The zero-order chi connectivity index (χ0) is 14.2. The van der Waals surface area contributed by atoms with Crippen molar-refractivity contribution in [1.82, 2.24) is 4.57 Å². The fourth-order valence-electron chi connectivity index (χ4n) is 3.73. The third kappa shape index (κ3) is 1.18. The predicted molar refractivity (Wildman–Crippen MR) is 84.3 cm³/mol. The summed E-state index contributed by atoms with van der Waals surface area (Å²) in [7, 11) is 2.18. The van der Waals surface area contributed by atoms with Crippen LogP contribution in [0.5, 0.6) is 0 Å². The summed E-state index contributed by atoms with van der Waals surface area (Å²) < 4.78 is 6.25. The minimum Gasteiger partial charge on any atom is -0.229 e. The first kappa shape index (κ1) is 12.2. The highest BCUT2D eigenvalue weighted by atomic mass is 32.1. The molecule has 0 aliphatic carbocycles. The lowest BCUT2D eigenvalue weighted by atomic mass is 9.93. The van der Waals surface area contributed by atoms with Crippen molar-refractivity contribution >= 4 is 21.4 Å². The van der Waals surface area contributed by atoms with E-state index in [0.717, 1.165) is 0 Å². The molecule has 2 nitrogen and oxygen atoms in total. The second kappa shape index (κ2) is 3.53. The quantitative estimate of drug-likeness (QED) is 0.553. The Morgan fingerprint density at radius 3 is 2.60 bits per heavy atom. The summed E-state index contributed by atoms with van der Waals surface area (Å²) in [6.07, 6.45) is 0. The summed E-state index contributed by atoms with van der Waals surface area (Å²) in [6.45, 7) is 9.13. The van der Waals surface area contributed by atoms with Gasteiger partial charge in [-0.15, -0.1) is 11.3 Å². The minimum absolute atomic E-state index is 0.0281. The van der Waals surface area contributed by atoms with Gasteiger partial charge in [-0.1, -0.05) is 18.2 Å². The highest BCUT2D eigenvalue weighted by Crippen LogP contribution is 2.51. The van der Waals surface area contributed by atoms with Gasteiger partial charge in [-0.05, 0) is 19.9 Å². The third-order valence-electron chi connectivity index (χ3n) is 4.86. The molecule has 102 valence electrons. The van der Waals surface area contributed by atoms with Crippen LogP contribution in [0.1, 0.15) is 30.8 Å². The summed E-state index contributed by atoms with van der Waals surface area (Å²) >= 11 is 1.93. The molecule has 2 aromatic heterocycles. The van der Waals surface area contributed by atoms with Crippen molar-refractivity contribution in [3.05, 3.63) is 41.2 Å². The van der Waals surface area contributed by atoms with E-state index >= 15 is 0 Å². The maximum absolute atomic E-state index is 2.51. The molecule has 3 aromatic rings. The van der Waals surface area contributed by atoms with E-state index in [2.05, 4.69) is 68.1 Å². The first-order chi connectivity index (χ1) is 9.44. The van der Waals surface area contributed by atoms with Gasteiger partial charge in [-0.3, -0.25) is 0 Å². The number of fused-ring (bicyclic) bond motifs is 5. The molecule has 0 atom stereocenters. The van der Waals surface area contributed by atoms with Gasteiger partial charge in [0.25, 0.3) is 0 Å². The van der Waals surface area contributed by atoms with Crippen LogP contribution in [0.15, 0.2) is 24.3 Å². The van der Waals surface area contributed by atoms with Gasteiger partial charge in [0.1, 0.15) is 21.8 Å². The van der Waals surface area contributed by atoms with Crippen molar-refractivity contribution in [2.75, 3.05) is 0 Å². The number of nitrogens with zero attached hydrogens (tertiary/aromatic N) is 2. The molecule has 0 bridgehead atoms. The van der Waals surface area contributed by atoms with Gasteiger partial charge in [0.05, 0.1) is 7.05 Å². The van der Waals surface area contributed by atoms with Gasteiger partial charge in [-0.2, -0.15) is 0 Å². The topological polar surface area (TPSA) is 8.81 Å². The molecule has 0 spiro atoms. The number of hydrogen-bond acceptors (Lipinski definition) is 1. The van der Waals surface area contributed by atoms with Crippen molar-refractivity contribution in [1.29, 1.82) is 0 Å². The average molecular weight is 283 g/mol. The van der Waals surface area contributed by atoms with Crippen molar-refractivity contribution in [3.63, 3.8) is 0 Å². The van der Waals surface area contributed by atoms with Crippen LogP contribution < -0.4 is 4.57 Å². The molecule has 0 amide bonds. The molecule has 4 rings (SSSR count). The van der Waals surface area contributed by atoms with E-state index in [-0.39, 0.29) is 5.54 Å². The number of benzene rings is 1. The third-order valence-corrected chi connectivity index (χ3v) is 6.03. The Morgan fingerprint density at radius 1 is 1.15 bits per heavy atom. The Bertz CT molecular complexity index is 865.